The summed E-state index contributed by atoms with van der Waals surface area (Å²) in [5, 5.41) is 21.3. The fraction of sp³-hybridized carbons (Fsp3) is 0.909. The van der Waals surface area contributed by atoms with E-state index in [2.05, 4.69) is 25.2 Å². The molecule has 0 radical (unpaired) electrons. The second kappa shape index (κ2) is 5.45. The van der Waals surface area contributed by atoms with E-state index in [4.69, 9.17) is 10.00 Å². The maximum absolute atomic E-state index is 9.52. The van der Waals surface area contributed by atoms with E-state index in [1.54, 1.807) is 0 Å². The normalized spacial score (nSPS) is 26.5. The van der Waals surface area contributed by atoms with Gasteiger partial charge in [0.05, 0.1) is 31.4 Å². The Morgan fingerprint density at radius 2 is 2.27 bits per heavy atom. The van der Waals surface area contributed by atoms with Crippen molar-refractivity contribution in [3.63, 3.8) is 0 Å². The van der Waals surface area contributed by atoms with Crippen LogP contribution >= 0.6 is 0 Å². The molecule has 2 unspecified atom stereocenters. The molecular formula is C11H20N2O2. The van der Waals surface area contributed by atoms with E-state index in [1.165, 1.54) is 0 Å². The largest absolute Gasteiger partial charge is 0.389 e. The van der Waals surface area contributed by atoms with Gasteiger partial charge in [0.25, 0.3) is 0 Å². The van der Waals surface area contributed by atoms with Crippen LogP contribution in [0.5, 0.6) is 0 Å². The zero-order valence-electron chi connectivity index (χ0n) is 9.49. The molecule has 0 saturated carbocycles. The first-order chi connectivity index (χ1) is 7.05. The van der Waals surface area contributed by atoms with Crippen LogP contribution in [0.1, 0.15) is 26.7 Å². The number of hydrogen-bond acceptors (Lipinski definition) is 4. The van der Waals surface area contributed by atoms with Crippen molar-refractivity contribution < 1.29 is 9.84 Å². The second-order valence-corrected chi connectivity index (χ2v) is 4.91. The molecule has 4 nitrogen and oxygen atoms in total. The number of nitriles is 1. The van der Waals surface area contributed by atoms with Crippen molar-refractivity contribution in [1.82, 2.24) is 5.32 Å². The minimum Gasteiger partial charge on any atom is -0.389 e. The summed E-state index contributed by atoms with van der Waals surface area (Å²) in [6, 6.07) is 2.21. The average Bonchev–Trinajstić information content (AvgIpc) is 2.58. The Labute approximate surface area is 91.2 Å². The lowest BCUT2D eigenvalue weighted by molar-refractivity contribution is 0.121. The summed E-state index contributed by atoms with van der Waals surface area (Å²) in [5.74, 6) is 0. The minimum atomic E-state index is -0.392. The number of rotatable bonds is 5. The topological polar surface area (TPSA) is 65.3 Å². The van der Waals surface area contributed by atoms with Crippen molar-refractivity contribution in [2.45, 2.75) is 38.8 Å². The number of nitrogens with one attached hydrogen (secondary N) is 1. The quantitative estimate of drug-likeness (QED) is 0.703. The van der Waals surface area contributed by atoms with E-state index in [-0.39, 0.29) is 11.5 Å². The molecule has 0 amide bonds. The van der Waals surface area contributed by atoms with Crippen LogP contribution in [0.15, 0.2) is 0 Å². The highest BCUT2D eigenvalue weighted by molar-refractivity contribution is 4.85. The van der Waals surface area contributed by atoms with E-state index < -0.39 is 6.10 Å². The van der Waals surface area contributed by atoms with Gasteiger partial charge in [-0.3, -0.25) is 0 Å². The molecule has 0 aromatic rings. The molecule has 1 fully saturated rings. The van der Waals surface area contributed by atoms with E-state index in [9.17, 15) is 5.11 Å². The van der Waals surface area contributed by atoms with Gasteiger partial charge >= 0.3 is 0 Å². The van der Waals surface area contributed by atoms with Gasteiger partial charge < -0.3 is 15.2 Å². The van der Waals surface area contributed by atoms with E-state index in [0.29, 0.717) is 19.6 Å². The molecule has 1 heterocycles. The average molecular weight is 212 g/mol. The van der Waals surface area contributed by atoms with Gasteiger partial charge in [0, 0.05) is 13.0 Å². The molecule has 4 heteroatoms. The zero-order valence-corrected chi connectivity index (χ0v) is 9.49. The molecule has 0 bridgehead atoms. The summed E-state index contributed by atoms with van der Waals surface area (Å²) < 4.78 is 5.15. The summed E-state index contributed by atoms with van der Waals surface area (Å²) in [7, 11) is 0. The number of hydrogen-bond donors (Lipinski definition) is 2. The summed E-state index contributed by atoms with van der Waals surface area (Å²) >= 11 is 0. The number of ether oxygens (including phenoxy) is 1. The van der Waals surface area contributed by atoms with Crippen molar-refractivity contribution in [2.75, 3.05) is 19.8 Å². The first kappa shape index (κ1) is 12.4. The van der Waals surface area contributed by atoms with Crippen LogP contribution < -0.4 is 5.32 Å². The van der Waals surface area contributed by atoms with E-state index in [0.717, 1.165) is 13.0 Å². The molecule has 1 aliphatic heterocycles. The minimum absolute atomic E-state index is 0.0476. The van der Waals surface area contributed by atoms with Gasteiger partial charge in [-0.15, -0.1) is 0 Å². The Hall–Kier alpha value is -0.630. The molecule has 86 valence electrons. The molecule has 0 aromatic heterocycles. The Morgan fingerprint density at radius 1 is 1.53 bits per heavy atom. The van der Waals surface area contributed by atoms with E-state index in [1.807, 2.05) is 0 Å². The Bertz CT molecular complexity index is 235. The Morgan fingerprint density at radius 3 is 2.80 bits per heavy atom. The van der Waals surface area contributed by atoms with Crippen molar-refractivity contribution >= 4 is 0 Å². The maximum atomic E-state index is 9.52. The molecule has 2 N–H and O–H groups in total. The third kappa shape index (κ3) is 4.17. The molecule has 15 heavy (non-hydrogen) atoms. The predicted octanol–water partition coefficient (Wildman–Crippen LogP) is 0.666. The van der Waals surface area contributed by atoms with Crippen LogP contribution in [0, 0.1) is 16.7 Å². The molecule has 1 aliphatic rings. The standard InChI is InChI=1S/C11H20N2O2/c1-11(2,4-3-5-12)8-13-9-6-15-7-10(9)14/h9-10,13-14H,3-4,6-8H2,1-2H3. The Balaban J connectivity index is 2.26. The van der Waals surface area contributed by atoms with Gasteiger partial charge in [-0.1, -0.05) is 13.8 Å². The van der Waals surface area contributed by atoms with Crippen LogP contribution in [0.2, 0.25) is 0 Å². The van der Waals surface area contributed by atoms with Crippen molar-refractivity contribution in [2.24, 2.45) is 5.41 Å². The lowest BCUT2D eigenvalue weighted by Gasteiger charge is -2.26. The highest BCUT2D eigenvalue weighted by Crippen LogP contribution is 2.21. The molecular weight excluding hydrogens is 192 g/mol. The highest BCUT2D eigenvalue weighted by atomic mass is 16.5. The fourth-order valence-electron chi connectivity index (χ4n) is 1.63. The zero-order chi connectivity index (χ0) is 11.3. The van der Waals surface area contributed by atoms with Gasteiger partial charge in [-0.2, -0.15) is 5.26 Å². The van der Waals surface area contributed by atoms with Gasteiger partial charge in [-0.05, 0) is 11.8 Å². The number of aliphatic hydroxyl groups is 1. The molecule has 0 aliphatic carbocycles. The molecule has 1 saturated heterocycles. The van der Waals surface area contributed by atoms with Gasteiger partial charge in [0.2, 0.25) is 0 Å². The first-order valence-corrected chi connectivity index (χ1v) is 5.41. The summed E-state index contributed by atoms with van der Waals surface area (Å²) in [6.07, 6.45) is 1.07. The highest BCUT2D eigenvalue weighted by Gasteiger charge is 2.27. The number of nitrogens with zero attached hydrogens (tertiary/aromatic N) is 1. The summed E-state index contributed by atoms with van der Waals surface area (Å²) in [4.78, 5) is 0. The molecule has 2 atom stereocenters. The third-order valence-corrected chi connectivity index (χ3v) is 2.81. The SMILES string of the molecule is CC(C)(CCC#N)CNC1COCC1O. The van der Waals surface area contributed by atoms with Crippen molar-refractivity contribution in [3.05, 3.63) is 0 Å². The molecule has 0 aromatic carbocycles. The smallest absolute Gasteiger partial charge is 0.0948 e. The van der Waals surface area contributed by atoms with Gasteiger partial charge in [0.15, 0.2) is 0 Å². The first-order valence-electron chi connectivity index (χ1n) is 5.41. The summed E-state index contributed by atoms with van der Waals surface area (Å²) in [6.45, 7) is 6.06. The number of aliphatic hydroxyl groups excluding tert-OH is 1. The van der Waals surface area contributed by atoms with Crippen LogP contribution in [-0.2, 0) is 4.74 Å². The van der Waals surface area contributed by atoms with Crippen LogP contribution in [0.4, 0.5) is 0 Å². The maximum Gasteiger partial charge on any atom is 0.0948 e. The van der Waals surface area contributed by atoms with Gasteiger partial charge in [-0.25, -0.2) is 0 Å². The molecule has 0 spiro atoms. The lowest BCUT2D eigenvalue weighted by Crippen LogP contribution is -2.43. The third-order valence-electron chi connectivity index (χ3n) is 2.81. The monoisotopic (exact) mass is 212 g/mol. The van der Waals surface area contributed by atoms with Crippen LogP contribution in [0.3, 0.4) is 0 Å². The van der Waals surface area contributed by atoms with Crippen LogP contribution in [0.25, 0.3) is 0 Å². The van der Waals surface area contributed by atoms with Crippen molar-refractivity contribution in [3.8, 4) is 6.07 Å². The second-order valence-electron chi connectivity index (χ2n) is 4.91. The Kier molecular flexibility index (Phi) is 4.52. The lowest BCUT2D eigenvalue weighted by atomic mass is 9.87. The van der Waals surface area contributed by atoms with Gasteiger partial charge in [0.1, 0.15) is 0 Å². The fourth-order valence-corrected chi connectivity index (χ4v) is 1.63. The predicted molar refractivity (Wildman–Crippen MR) is 57.2 cm³/mol. The summed E-state index contributed by atoms with van der Waals surface area (Å²) in [5.41, 5.74) is 0.0953. The van der Waals surface area contributed by atoms with E-state index >= 15 is 0 Å². The van der Waals surface area contributed by atoms with Crippen LogP contribution in [-0.4, -0.2) is 37.0 Å². The molecule has 1 rings (SSSR count). The van der Waals surface area contributed by atoms with Crippen molar-refractivity contribution in [1.29, 1.82) is 5.26 Å².